The van der Waals surface area contributed by atoms with Crippen LogP contribution in [0.3, 0.4) is 0 Å². The highest BCUT2D eigenvalue weighted by molar-refractivity contribution is 6.15. The van der Waals surface area contributed by atoms with Crippen molar-refractivity contribution in [2.45, 2.75) is 0 Å². The van der Waals surface area contributed by atoms with Crippen LogP contribution in [0.5, 0.6) is 0 Å². The first kappa shape index (κ1) is 27.5. The normalized spacial score (nSPS) is 11.7. The second-order valence-electron chi connectivity index (χ2n) is 12.3. The van der Waals surface area contributed by atoms with E-state index in [1.54, 1.807) is 0 Å². The molecule has 3 aromatic heterocycles. The van der Waals surface area contributed by atoms with E-state index in [-0.39, 0.29) is 0 Å². The Morgan fingerprint density at radius 1 is 0.429 bits per heavy atom. The van der Waals surface area contributed by atoms with Gasteiger partial charge in [-0.25, -0.2) is 0 Å². The molecular formula is C45H28N2O2. The van der Waals surface area contributed by atoms with Gasteiger partial charge in [0.25, 0.3) is 0 Å². The van der Waals surface area contributed by atoms with Gasteiger partial charge in [-0.15, -0.1) is 0 Å². The van der Waals surface area contributed by atoms with Crippen LogP contribution in [-0.4, -0.2) is 4.98 Å². The molecule has 0 saturated carbocycles. The van der Waals surface area contributed by atoms with E-state index in [1.807, 2.05) is 24.4 Å². The average molecular weight is 629 g/mol. The number of nitrogens with zero attached hydrogens (tertiary/aromatic N) is 2. The average Bonchev–Trinajstić information content (AvgIpc) is 3.75. The fraction of sp³-hybridized carbons (Fsp3) is 0. The molecule has 0 spiro atoms. The molecule has 0 fully saturated rings. The van der Waals surface area contributed by atoms with Gasteiger partial charge in [-0.1, -0.05) is 109 Å². The van der Waals surface area contributed by atoms with Crippen molar-refractivity contribution in [3.8, 4) is 22.3 Å². The predicted molar refractivity (Wildman–Crippen MR) is 202 cm³/mol. The molecule has 0 aliphatic rings. The van der Waals surface area contributed by atoms with E-state index in [9.17, 15) is 0 Å². The SMILES string of the molecule is c1ccc(-c2ccccc2N(c2ccc(-c3ccnc4c3oc3c5ccccc5ccc43)cc2)c2ccc3oc4ccccc4c3c2)cc1. The third-order valence-electron chi connectivity index (χ3n) is 9.53. The summed E-state index contributed by atoms with van der Waals surface area (Å²) in [7, 11) is 0. The molecule has 0 unspecified atom stereocenters. The molecule has 230 valence electrons. The topological polar surface area (TPSA) is 42.4 Å². The first-order valence-electron chi connectivity index (χ1n) is 16.5. The van der Waals surface area contributed by atoms with Crippen molar-refractivity contribution in [1.29, 1.82) is 0 Å². The molecule has 0 radical (unpaired) electrons. The lowest BCUT2D eigenvalue weighted by atomic mass is 10.0. The zero-order valence-corrected chi connectivity index (χ0v) is 26.4. The molecule has 10 rings (SSSR count). The van der Waals surface area contributed by atoms with Crippen LogP contribution >= 0.6 is 0 Å². The quantitative estimate of drug-likeness (QED) is 0.190. The summed E-state index contributed by atoms with van der Waals surface area (Å²) in [6, 6.07) is 57.2. The molecule has 10 aromatic rings. The van der Waals surface area contributed by atoms with E-state index in [4.69, 9.17) is 13.8 Å². The zero-order chi connectivity index (χ0) is 32.3. The Balaban J connectivity index is 1.15. The Labute approximate surface area is 282 Å². The van der Waals surface area contributed by atoms with Gasteiger partial charge in [0.15, 0.2) is 5.58 Å². The summed E-state index contributed by atoms with van der Waals surface area (Å²) in [5.74, 6) is 0. The number of anilines is 3. The highest BCUT2D eigenvalue weighted by atomic mass is 16.3. The number of para-hydroxylation sites is 2. The van der Waals surface area contributed by atoms with Gasteiger partial charge >= 0.3 is 0 Å². The molecule has 0 aliphatic carbocycles. The van der Waals surface area contributed by atoms with Gasteiger partial charge in [0.1, 0.15) is 22.3 Å². The number of rotatable bonds is 5. The van der Waals surface area contributed by atoms with Crippen LogP contribution in [-0.2, 0) is 0 Å². The molecular weight excluding hydrogens is 601 g/mol. The van der Waals surface area contributed by atoms with Crippen LogP contribution in [0.1, 0.15) is 0 Å². The third kappa shape index (κ3) is 4.42. The number of hydrogen-bond donors (Lipinski definition) is 0. The molecule has 7 aromatic carbocycles. The van der Waals surface area contributed by atoms with Crippen molar-refractivity contribution < 1.29 is 8.83 Å². The second-order valence-corrected chi connectivity index (χ2v) is 12.3. The largest absolute Gasteiger partial charge is 0.456 e. The molecule has 4 nitrogen and oxygen atoms in total. The molecule has 49 heavy (non-hydrogen) atoms. The summed E-state index contributed by atoms with van der Waals surface area (Å²) in [5, 5.41) is 5.46. The Hall–Kier alpha value is -6.65. The minimum Gasteiger partial charge on any atom is -0.456 e. The van der Waals surface area contributed by atoms with Crippen LogP contribution < -0.4 is 4.90 Å². The Kier molecular flexibility index (Phi) is 6.15. The van der Waals surface area contributed by atoms with E-state index < -0.39 is 0 Å². The van der Waals surface area contributed by atoms with Gasteiger partial charge in [0.2, 0.25) is 0 Å². The lowest BCUT2D eigenvalue weighted by molar-refractivity contribution is 0.669. The minimum absolute atomic E-state index is 0.796. The lowest BCUT2D eigenvalue weighted by Crippen LogP contribution is -2.11. The monoisotopic (exact) mass is 628 g/mol. The van der Waals surface area contributed by atoms with Gasteiger partial charge in [-0.3, -0.25) is 4.98 Å². The van der Waals surface area contributed by atoms with Crippen molar-refractivity contribution in [2.75, 3.05) is 4.90 Å². The predicted octanol–water partition coefficient (Wildman–Crippen LogP) is 12.8. The molecule has 0 amide bonds. The maximum atomic E-state index is 6.62. The molecule has 0 bridgehead atoms. The van der Waals surface area contributed by atoms with E-state index in [2.05, 4.69) is 150 Å². The van der Waals surface area contributed by atoms with Gasteiger partial charge in [0.05, 0.1) is 5.69 Å². The summed E-state index contributed by atoms with van der Waals surface area (Å²) >= 11 is 0. The zero-order valence-electron chi connectivity index (χ0n) is 26.4. The van der Waals surface area contributed by atoms with E-state index in [0.717, 1.165) is 94.1 Å². The molecule has 0 saturated heterocycles. The van der Waals surface area contributed by atoms with Crippen LogP contribution in [0, 0.1) is 0 Å². The standard InChI is InChI=1S/C45H28N2O2/c1-2-10-29(11-3-1)34-13-6-8-16-40(34)47(33-23-25-42-39(28-33)37-15-7-9-17-41(37)48-42)32-21-18-31(19-22-32)36-26-27-46-43-38-24-20-30-12-4-5-14-35(30)44(38)49-45(36)43/h1-28H. The fourth-order valence-corrected chi connectivity index (χ4v) is 7.21. The van der Waals surface area contributed by atoms with E-state index in [1.165, 1.54) is 0 Å². The number of aromatic nitrogens is 1. The van der Waals surface area contributed by atoms with E-state index in [0.29, 0.717) is 0 Å². The third-order valence-corrected chi connectivity index (χ3v) is 9.53. The summed E-state index contributed by atoms with van der Waals surface area (Å²) in [6.07, 6.45) is 1.88. The summed E-state index contributed by atoms with van der Waals surface area (Å²) < 4.78 is 12.8. The number of pyridine rings is 1. The fourth-order valence-electron chi connectivity index (χ4n) is 7.21. The summed E-state index contributed by atoms with van der Waals surface area (Å²) in [5.41, 5.74) is 11.9. The molecule has 3 heterocycles. The Morgan fingerprint density at radius 2 is 1.14 bits per heavy atom. The second kappa shape index (κ2) is 11.0. The van der Waals surface area contributed by atoms with Crippen LogP contribution in [0.25, 0.3) is 77.0 Å². The van der Waals surface area contributed by atoms with E-state index >= 15 is 0 Å². The Bertz CT molecular complexity index is 2830. The lowest BCUT2D eigenvalue weighted by Gasteiger charge is -2.28. The number of hydrogen-bond acceptors (Lipinski definition) is 4. The number of fused-ring (bicyclic) bond motifs is 8. The highest BCUT2D eigenvalue weighted by Crippen LogP contribution is 2.44. The highest BCUT2D eigenvalue weighted by Gasteiger charge is 2.20. The van der Waals surface area contributed by atoms with Crippen LogP contribution in [0.4, 0.5) is 17.1 Å². The molecule has 0 N–H and O–H groups in total. The van der Waals surface area contributed by atoms with Crippen molar-refractivity contribution in [3.63, 3.8) is 0 Å². The van der Waals surface area contributed by atoms with Crippen molar-refractivity contribution in [1.82, 2.24) is 4.98 Å². The van der Waals surface area contributed by atoms with Crippen molar-refractivity contribution in [2.24, 2.45) is 0 Å². The molecule has 0 aliphatic heterocycles. The van der Waals surface area contributed by atoms with Gasteiger partial charge < -0.3 is 13.7 Å². The number of furan rings is 2. The maximum Gasteiger partial charge on any atom is 0.161 e. The summed E-state index contributed by atoms with van der Waals surface area (Å²) in [6.45, 7) is 0. The minimum atomic E-state index is 0.796. The molecule has 4 heteroatoms. The van der Waals surface area contributed by atoms with Gasteiger partial charge in [-0.2, -0.15) is 0 Å². The number of benzene rings is 7. The Morgan fingerprint density at radius 3 is 2.04 bits per heavy atom. The molecule has 0 atom stereocenters. The van der Waals surface area contributed by atoms with Gasteiger partial charge in [-0.05, 0) is 71.1 Å². The first-order valence-corrected chi connectivity index (χ1v) is 16.5. The maximum absolute atomic E-state index is 6.62. The van der Waals surface area contributed by atoms with Crippen molar-refractivity contribution >= 4 is 71.8 Å². The summed E-state index contributed by atoms with van der Waals surface area (Å²) in [4.78, 5) is 7.09. The van der Waals surface area contributed by atoms with Crippen molar-refractivity contribution in [3.05, 3.63) is 170 Å². The smallest absolute Gasteiger partial charge is 0.161 e. The first-order chi connectivity index (χ1) is 24.3. The van der Waals surface area contributed by atoms with Gasteiger partial charge in [0, 0.05) is 50.2 Å². The van der Waals surface area contributed by atoms with Crippen LogP contribution in [0.2, 0.25) is 0 Å². The van der Waals surface area contributed by atoms with Crippen LogP contribution in [0.15, 0.2) is 179 Å².